The van der Waals surface area contributed by atoms with Crippen LogP contribution < -0.4 is 0 Å². The summed E-state index contributed by atoms with van der Waals surface area (Å²) in [6, 6.07) is 0. The van der Waals surface area contributed by atoms with Crippen molar-refractivity contribution < 1.29 is 4.79 Å². The highest BCUT2D eigenvalue weighted by Crippen LogP contribution is 2.05. The Balaban J connectivity index is 2.71. The summed E-state index contributed by atoms with van der Waals surface area (Å²) in [5, 5.41) is 0. The molecule has 0 aliphatic heterocycles. The van der Waals surface area contributed by atoms with Crippen LogP contribution in [-0.2, 0) is 6.42 Å². The number of aromatic nitrogens is 2. The molecule has 3 nitrogen and oxygen atoms in total. The zero-order valence-electron chi connectivity index (χ0n) is 7.72. The molecule has 1 aromatic rings. The van der Waals surface area contributed by atoms with Crippen LogP contribution in [0, 0.1) is 5.92 Å². The van der Waals surface area contributed by atoms with Gasteiger partial charge in [0.05, 0.1) is 0 Å². The van der Waals surface area contributed by atoms with E-state index in [1.165, 1.54) is 6.92 Å². The van der Waals surface area contributed by atoms with Crippen molar-refractivity contribution in [2.75, 3.05) is 0 Å². The normalized spacial score (nSPS) is 10.7. The highest BCUT2D eigenvalue weighted by atomic mass is 16.1. The highest BCUT2D eigenvalue weighted by Gasteiger charge is 2.05. The fourth-order valence-corrected chi connectivity index (χ4v) is 1.08. The molecular weight excluding hydrogens is 152 g/mol. The quantitative estimate of drug-likeness (QED) is 0.696. The van der Waals surface area contributed by atoms with Crippen LogP contribution in [0.3, 0.4) is 0 Å². The van der Waals surface area contributed by atoms with Gasteiger partial charge in [0.1, 0.15) is 0 Å². The van der Waals surface area contributed by atoms with Gasteiger partial charge in [0.15, 0.2) is 11.6 Å². The van der Waals surface area contributed by atoms with Crippen LogP contribution in [0.5, 0.6) is 0 Å². The summed E-state index contributed by atoms with van der Waals surface area (Å²) in [7, 11) is 0. The van der Waals surface area contributed by atoms with Gasteiger partial charge in [0, 0.05) is 18.8 Å². The minimum Gasteiger partial charge on any atom is -0.339 e. The maximum atomic E-state index is 10.9. The topological polar surface area (TPSA) is 45.8 Å². The van der Waals surface area contributed by atoms with Gasteiger partial charge in [-0.1, -0.05) is 13.8 Å². The molecule has 0 amide bonds. The van der Waals surface area contributed by atoms with E-state index in [4.69, 9.17) is 0 Å². The maximum Gasteiger partial charge on any atom is 0.194 e. The number of nitrogens with one attached hydrogen (secondary N) is 1. The van der Waals surface area contributed by atoms with Crippen LogP contribution in [0.4, 0.5) is 0 Å². The van der Waals surface area contributed by atoms with Gasteiger partial charge in [0.2, 0.25) is 0 Å². The van der Waals surface area contributed by atoms with Crippen molar-refractivity contribution in [2.24, 2.45) is 5.92 Å². The fraction of sp³-hybridized carbons (Fsp3) is 0.556. The smallest absolute Gasteiger partial charge is 0.194 e. The molecule has 1 heterocycles. The first kappa shape index (κ1) is 8.97. The molecule has 12 heavy (non-hydrogen) atoms. The van der Waals surface area contributed by atoms with E-state index in [2.05, 4.69) is 23.8 Å². The van der Waals surface area contributed by atoms with Crippen LogP contribution in [0.15, 0.2) is 6.20 Å². The molecule has 0 aliphatic rings. The van der Waals surface area contributed by atoms with Gasteiger partial charge < -0.3 is 4.98 Å². The number of aromatic amines is 1. The van der Waals surface area contributed by atoms with E-state index in [-0.39, 0.29) is 5.78 Å². The fourth-order valence-electron chi connectivity index (χ4n) is 1.08. The van der Waals surface area contributed by atoms with Crippen LogP contribution in [0.25, 0.3) is 0 Å². The van der Waals surface area contributed by atoms with E-state index in [1.54, 1.807) is 6.20 Å². The van der Waals surface area contributed by atoms with Crippen LogP contribution in [-0.4, -0.2) is 15.8 Å². The lowest BCUT2D eigenvalue weighted by Crippen LogP contribution is -1.97. The molecule has 0 atom stereocenters. The van der Waals surface area contributed by atoms with Crippen LogP contribution in [0.1, 0.15) is 37.1 Å². The van der Waals surface area contributed by atoms with Crippen LogP contribution in [0.2, 0.25) is 0 Å². The second kappa shape index (κ2) is 3.52. The Morgan fingerprint density at radius 2 is 2.33 bits per heavy atom. The zero-order valence-corrected chi connectivity index (χ0v) is 7.72. The predicted molar refractivity (Wildman–Crippen MR) is 47.1 cm³/mol. The third kappa shape index (κ3) is 2.19. The van der Waals surface area contributed by atoms with E-state index in [1.807, 2.05) is 0 Å². The molecule has 1 aromatic heterocycles. The SMILES string of the molecule is CC(=O)c1ncc(CC(C)C)[nH]1. The van der Waals surface area contributed by atoms with Crippen molar-refractivity contribution in [3.8, 4) is 0 Å². The van der Waals surface area contributed by atoms with Crippen molar-refractivity contribution in [1.29, 1.82) is 0 Å². The van der Waals surface area contributed by atoms with E-state index >= 15 is 0 Å². The Morgan fingerprint density at radius 1 is 1.67 bits per heavy atom. The number of rotatable bonds is 3. The van der Waals surface area contributed by atoms with Crippen molar-refractivity contribution in [3.63, 3.8) is 0 Å². The van der Waals surface area contributed by atoms with E-state index in [0.29, 0.717) is 11.7 Å². The molecule has 0 radical (unpaired) electrons. The lowest BCUT2D eigenvalue weighted by atomic mass is 10.1. The van der Waals surface area contributed by atoms with Gasteiger partial charge in [-0.15, -0.1) is 0 Å². The standard InChI is InChI=1S/C9H14N2O/c1-6(2)4-8-5-10-9(11-8)7(3)12/h5-6H,4H2,1-3H3,(H,10,11). The van der Waals surface area contributed by atoms with E-state index < -0.39 is 0 Å². The number of carbonyl (C=O) groups is 1. The summed E-state index contributed by atoms with van der Waals surface area (Å²) in [5.41, 5.74) is 1.04. The molecule has 1 rings (SSSR count). The number of ketones is 1. The highest BCUT2D eigenvalue weighted by molar-refractivity contribution is 5.90. The van der Waals surface area contributed by atoms with E-state index in [0.717, 1.165) is 12.1 Å². The molecule has 0 spiro atoms. The molecule has 0 saturated carbocycles. The molecule has 0 aliphatic carbocycles. The summed E-state index contributed by atoms with van der Waals surface area (Å²) < 4.78 is 0. The molecule has 0 unspecified atom stereocenters. The van der Waals surface area contributed by atoms with Gasteiger partial charge in [-0.05, 0) is 12.3 Å². The largest absolute Gasteiger partial charge is 0.339 e. The lowest BCUT2D eigenvalue weighted by molar-refractivity contribution is 0.100. The number of carbonyl (C=O) groups excluding carboxylic acids is 1. The Labute approximate surface area is 72.2 Å². The lowest BCUT2D eigenvalue weighted by Gasteiger charge is -1.99. The summed E-state index contributed by atoms with van der Waals surface area (Å²) in [4.78, 5) is 17.8. The Morgan fingerprint density at radius 3 is 2.75 bits per heavy atom. The first-order valence-corrected chi connectivity index (χ1v) is 4.14. The molecule has 0 bridgehead atoms. The molecule has 0 saturated heterocycles. The maximum absolute atomic E-state index is 10.9. The van der Waals surface area contributed by atoms with Gasteiger partial charge >= 0.3 is 0 Å². The molecule has 3 heteroatoms. The minimum absolute atomic E-state index is 0.00925. The Kier molecular flexibility index (Phi) is 2.63. The first-order valence-electron chi connectivity index (χ1n) is 4.14. The third-order valence-electron chi connectivity index (χ3n) is 1.59. The van der Waals surface area contributed by atoms with Gasteiger partial charge in [-0.2, -0.15) is 0 Å². The number of imidazole rings is 1. The predicted octanol–water partition coefficient (Wildman–Crippen LogP) is 1.81. The van der Waals surface area contributed by atoms with Crippen molar-refractivity contribution in [2.45, 2.75) is 27.2 Å². The average Bonchev–Trinajstić information content (AvgIpc) is 2.34. The van der Waals surface area contributed by atoms with Crippen molar-refractivity contribution in [3.05, 3.63) is 17.7 Å². The average molecular weight is 166 g/mol. The monoisotopic (exact) mass is 166 g/mol. The van der Waals surface area contributed by atoms with Gasteiger partial charge in [-0.3, -0.25) is 4.79 Å². The first-order chi connectivity index (χ1) is 5.59. The van der Waals surface area contributed by atoms with Crippen molar-refractivity contribution in [1.82, 2.24) is 9.97 Å². The number of nitrogens with zero attached hydrogens (tertiary/aromatic N) is 1. The molecule has 0 fully saturated rings. The number of hydrogen-bond acceptors (Lipinski definition) is 2. The molecule has 66 valence electrons. The Hall–Kier alpha value is -1.12. The minimum atomic E-state index is -0.00925. The summed E-state index contributed by atoms with van der Waals surface area (Å²) in [6.45, 7) is 5.78. The number of H-pyrrole nitrogens is 1. The molecular formula is C9H14N2O. The van der Waals surface area contributed by atoms with Crippen LogP contribution >= 0.6 is 0 Å². The zero-order chi connectivity index (χ0) is 9.14. The van der Waals surface area contributed by atoms with Gasteiger partial charge in [0.25, 0.3) is 0 Å². The second-order valence-corrected chi connectivity index (χ2v) is 3.41. The number of Topliss-reactive ketones (excluding diaryl/α,β-unsaturated/α-hetero) is 1. The van der Waals surface area contributed by atoms with E-state index in [9.17, 15) is 4.79 Å². The summed E-state index contributed by atoms with van der Waals surface area (Å²) in [5.74, 6) is 1.04. The molecule has 0 aromatic carbocycles. The number of hydrogen-bond donors (Lipinski definition) is 1. The molecule has 1 N–H and O–H groups in total. The third-order valence-corrected chi connectivity index (χ3v) is 1.59. The Bertz CT molecular complexity index is 276. The van der Waals surface area contributed by atoms with Gasteiger partial charge in [-0.25, -0.2) is 4.98 Å². The second-order valence-electron chi connectivity index (χ2n) is 3.41. The summed E-state index contributed by atoms with van der Waals surface area (Å²) >= 11 is 0. The van der Waals surface area contributed by atoms with Crippen molar-refractivity contribution >= 4 is 5.78 Å². The summed E-state index contributed by atoms with van der Waals surface area (Å²) in [6.07, 6.45) is 2.68.